The van der Waals surface area contributed by atoms with E-state index in [0.29, 0.717) is 23.1 Å². The van der Waals surface area contributed by atoms with Crippen molar-refractivity contribution in [3.8, 4) is 11.5 Å². The molecule has 0 radical (unpaired) electrons. The fraction of sp³-hybridized carbons (Fsp3) is 0.562. The maximum absolute atomic E-state index is 12.8. The van der Waals surface area contributed by atoms with E-state index >= 15 is 0 Å². The van der Waals surface area contributed by atoms with E-state index in [1.54, 1.807) is 12.1 Å². The van der Waals surface area contributed by atoms with Crippen LogP contribution in [0.3, 0.4) is 0 Å². The molecule has 3 atom stereocenters. The molecule has 114 valence electrons. The fourth-order valence-electron chi connectivity index (χ4n) is 3.75. The van der Waals surface area contributed by atoms with Gasteiger partial charge in [0.25, 0.3) is 5.91 Å². The van der Waals surface area contributed by atoms with Crippen molar-refractivity contribution in [3.63, 3.8) is 0 Å². The van der Waals surface area contributed by atoms with Crippen LogP contribution in [0.5, 0.6) is 11.5 Å². The minimum atomic E-state index is -0.0728. The Kier molecular flexibility index (Phi) is 3.76. The molecule has 1 amide bonds. The molecule has 3 rings (SSSR count). The molecule has 2 aliphatic rings. The number of amides is 1. The first-order valence-electron chi connectivity index (χ1n) is 7.54. The number of rotatable bonds is 3. The van der Waals surface area contributed by atoms with Gasteiger partial charge in [-0.3, -0.25) is 4.79 Å². The van der Waals surface area contributed by atoms with Gasteiger partial charge in [-0.2, -0.15) is 0 Å². The molecule has 2 heterocycles. The van der Waals surface area contributed by atoms with Gasteiger partial charge in [0.15, 0.2) is 0 Å². The Balaban J connectivity index is 1.85. The van der Waals surface area contributed by atoms with Gasteiger partial charge in [-0.25, -0.2) is 0 Å². The quantitative estimate of drug-likeness (QED) is 0.885. The summed E-state index contributed by atoms with van der Waals surface area (Å²) in [5, 5.41) is 13.5. The summed E-state index contributed by atoms with van der Waals surface area (Å²) in [6, 6.07) is 5.12. The highest BCUT2D eigenvalue weighted by Crippen LogP contribution is 2.36. The van der Waals surface area contributed by atoms with E-state index in [1.165, 1.54) is 13.2 Å². The lowest BCUT2D eigenvalue weighted by Gasteiger charge is -2.27. The molecule has 2 aliphatic heterocycles. The first-order valence-corrected chi connectivity index (χ1v) is 7.54. The number of methoxy groups -OCH3 is 1. The standard InChI is InChI=1S/C16H22N2O3/c1-3-14-13-8-17-7-10(13)9-18(14)16(20)12-5-4-11(21-2)6-15(12)19/h4-6,10,13-14,17,19H,3,7-9H2,1-2H3. The van der Waals surface area contributed by atoms with Gasteiger partial charge in [-0.05, 0) is 30.4 Å². The zero-order valence-corrected chi connectivity index (χ0v) is 12.5. The summed E-state index contributed by atoms with van der Waals surface area (Å²) >= 11 is 0. The summed E-state index contributed by atoms with van der Waals surface area (Å²) in [4.78, 5) is 14.7. The highest BCUT2D eigenvalue weighted by Gasteiger charge is 2.45. The molecule has 1 aromatic rings. The average molecular weight is 290 g/mol. The number of ether oxygens (including phenoxy) is 1. The molecular formula is C16H22N2O3. The second-order valence-electron chi connectivity index (χ2n) is 5.90. The number of nitrogens with zero attached hydrogens (tertiary/aromatic N) is 1. The normalized spacial score (nSPS) is 27.7. The molecule has 2 fully saturated rings. The van der Waals surface area contributed by atoms with Crippen LogP contribution in [0.15, 0.2) is 18.2 Å². The van der Waals surface area contributed by atoms with Gasteiger partial charge in [0.1, 0.15) is 11.5 Å². The van der Waals surface area contributed by atoms with Crippen LogP contribution >= 0.6 is 0 Å². The summed E-state index contributed by atoms with van der Waals surface area (Å²) < 4.78 is 5.07. The van der Waals surface area contributed by atoms with Gasteiger partial charge in [0.2, 0.25) is 0 Å². The number of carbonyl (C=O) groups excluding carboxylic acids is 1. The Bertz CT molecular complexity index is 546. The molecule has 0 aromatic heterocycles. The molecule has 5 heteroatoms. The van der Waals surface area contributed by atoms with Crippen molar-refractivity contribution in [2.45, 2.75) is 19.4 Å². The topological polar surface area (TPSA) is 61.8 Å². The molecular weight excluding hydrogens is 268 g/mol. The van der Waals surface area contributed by atoms with Crippen LogP contribution in [0.1, 0.15) is 23.7 Å². The highest BCUT2D eigenvalue weighted by atomic mass is 16.5. The van der Waals surface area contributed by atoms with E-state index in [9.17, 15) is 9.90 Å². The Morgan fingerprint density at radius 1 is 1.48 bits per heavy atom. The van der Waals surface area contributed by atoms with Gasteiger partial charge in [-0.1, -0.05) is 6.92 Å². The second kappa shape index (κ2) is 5.56. The predicted molar refractivity (Wildman–Crippen MR) is 79.6 cm³/mol. The number of likely N-dealkylation sites (tertiary alicyclic amines) is 1. The average Bonchev–Trinajstić information content (AvgIpc) is 3.06. The summed E-state index contributed by atoms with van der Waals surface area (Å²) in [5.74, 6) is 1.55. The number of fused-ring (bicyclic) bond motifs is 1. The third-order valence-corrected chi connectivity index (χ3v) is 4.83. The third kappa shape index (κ3) is 2.35. The minimum Gasteiger partial charge on any atom is -0.507 e. The molecule has 0 bridgehead atoms. The van der Waals surface area contributed by atoms with Gasteiger partial charge >= 0.3 is 0 Å². The Hall–Kier alpha value is -1.75. The first kappa shape index (κ1) is 14.2. The molecule has 21 heavy (non-hydrogen) atoms. The minimum absolute atomic E-state index is 0.00983. The van der Waals surface area contributed by atoms with E-state index in [-0.39, 0.29) is 17.7 Å². The summed E-state index contributed by atoms with van der Waals surface area (Å²) in [5.41, 5.74) is 0.363. The molecule has 0 spiro atoms. The van der Waals surface area contributed by atoms with Crippen molar-refractivity contribution >= 4 is 5.91 Å². The van der Waals surface area contributed by atoms with Crippen LogP contribution in [-0.2, 0) is 0 Å². The number of hydrogen-bond acceptors (Lipinski definition) is 4. The molecule has 0 saturated carbocycles. The molecule has 1 aromatic carbocycles. The first-order chi connectivity index (χ1) is 10.2. The van der Waals surface area contributed by atoms with E-state index < -0.39 is 0 Å². The zero-order chi connectivity index (χ0) is 15.0. The lowest BCUT2D eigenvalue weighted by Crippen LogP contribution is -2.39. The molecule has 5 nitrogen and oxygen atoms in total. The maximum Gasteiger partial charge on any atom is 0.257 e. The van der Waals surface area contributed by atoms with Crippen LogP contribution in [0, 0.1) is 11.8 Å². The van der Waals surface area contributed by atoms with Gasteiger partial charge in [0, 0.05) is 31.7 Å². The van der Waals surface area contributed by atoms with Crippen molar-refractivity contribution < 1.29 is 14.6 Å². The van der Waals surface area contributed by atoms with Crippen molar-refractivity contribution in [2.75, 3.05) is 26.7 Å². The van der Waals surface area contributed by atoms with Gasteiger partial charge in [-0.15, -0.1) is 0 Å². The van der Waals surface area contributed by atoms with Gasteiger partial charge < -0.3 is 20.1 Å². The van der Waals surface area contributed by atoms with Crippen LogP contribution in [0.4, 0.5) is 0 Å². The van der Waals surface area contributed by atoms with Crippen molar-refractivity contribution in [2.24, 2.45) is 11.8 Å². The SMILES string of the molecule is CCC1C2CNCC2CN1C(=O)c1ccc(OC)cc1O. The van der Waals surface area contributed by atoms with Gasteiger partial charge in [0.05, 0.1) is 12.7 Å². The monoisotopic (exact) mass is 290 g/mol. The van der Waals surface area contributed by atoms with Crippen molar-refractivity contribution in [1.82, 2.24) is 10.2 Å². The lowest BCUT2D eigenvalue weighted by atomic mass is 9.93. The van der Waals surface area contributed by atoms with Crippen molar-refractivity contribution in [1.29, 1.82) is 0 Å². The van der Waals surface area contributed by atoms with E-state index in [4.69, 9.17) is 4.74 Å². The molecule has 2 saturated heterocycles. The van der Waals surface area contributed by atoms with Crippen molar-refractivity contribution in [3.05, 3.63) is 23.8 Å². The number of phenolic OH excluding ortho intramolecular Hbond substituents is 1. The fourth-order valence-corrected chi connectivity index (χ4v) is 3.75. The zero-order valence-electron chi connectivity index (χ0n) is 12.5. The summed E-state index contributed by atoms with van der Waals surface area (Å²) in [7, 11) is 1.54. The maximum atomic E-state index is 12.8. The Morgan fingerprint density at radius 2 is 2.29 bits per heavy atom. The number of nitrogens with one attached hydrogen (secondary N) is 1. The molecule has 3 unspecified atom stereocenters. The number of aromatic hydroxyl groups is 1. The number of phenols is 1. The van der Waals surface area contributed by atoms with Crippen LogP contribution in [0.2, 0.25) is 0 Å². The van der Waals surface area contributed by atoms with Crippen LogP contribution < -0.4 is 10.1 Å². The summed E-state index contributed by atoms with van der Waals surface area (Å²) in [6.07, 6.45) is 0.950. The van der Waals surface area contributed by atoms with E-state index in [1.807, 2.05) is 4.90 Å². The highest BCUT2D eigenvalue weighted by molar-refractivity contribution is 5.97. The number of hydrogen-bond donors (Lipinski definition) is 2. The number of carbonyl (C=O) groups is 1. The van der Waals surface area contributed by atoms with E-state index in [2.05, 4.69) is 12.2 Å². The van der Waals surface area contributed by atoms with E-state index in [0.717, 1.165) is 26.1 Å². The number of benzene rings is 1. The second-order valence-corrected chi connectivity index (χ2v) is 5.90. The predicted octanol–water partition coefficient (Wildman–Crippen LogP) is 1.47. The summed E-state index contributed by atoms with van der Waals surface area (Å²) in [6.45, 7) is 4.88. The third-order valence-electron chi connectivity index (χ3n) is 4.83. The lowest BCUT2D eigenvalue weighted by molar-refractivity contribution is 0.0708. The molecule has 2 N–H and O–H groups in total. The smallest absolute Gasteiger partial charge is 0.257 e. The van der Waals surface area contributed by atoms with Crippen LogP contribution in [-0.4, -0.2) is 48.7 Å². The Morgan fingerprint density at radius 3 is 2.95 bits per heavy atom. The Labute approximate surface area is 124 Å². The van der Waals surface area contributed by atoms with Crippen LogP contribution in [0.25, 0.3) is 0 Å². The molecule has 0 aliphatic carbocycles. The largest absolute Gasteiger partial charge is 0.507 e.